The highest BCUT2D eigenvalue weighted by molar-refractivity contribution is 7.98. The van der Waals surface area contributed by atoms with Crippen LogP contribution in [0.3, 0.4) is 0 Å². The summed E-state index contributed by atoms with van der Waals surface area (Å²) >= 11 is 1.47. The van der Waals surface area contributed by atoms with Crippen molar-refractivity contribution in [1.82, 2.24) is 19.7 Å². The third-order valence-corrected chi connectivity index (χ3v) is 4.53. The molecule has 0 amide bonds. The number of aryl methyl sites for hydroxylation is 1. The second-order valence-corrected chi connectivity index (χ2v) is 6.42. The largest absolute Gasteiger partial charge is 0.462 e. The van der Waals surface area contributed by atoms with E-state index < -0.39 is 5.97 Å². The van der Waals surface area contributed by atoms with Crippen molar-refractivity contribution < 1.29 is 13.9 Å². The van der Waals surface area contributed by atoms with E-state index in [-0.39, 0.29) is 5.82 Å². The predicted molar refractivity (Wildman–Crippen MR) is 95.8 cm³/mol. The maximum absolute atomic E-state index is 13.3. The number of halogens is 1. The van der Waals surface area contributed by atoms with Crippen molar-refractivity contribution in [1.29, 1.82) is 0 Å². The fourth-order valence-corrected chi connectivity index (χ4v) is 3.11. The molecule has 2 heterocycles. The Hall–Kier alpha value is -2.74. The number of esters is 1. The van der Waals surface area contributed by atoms with Gasteiger partial charge in [-0.25, -0.2) is 23.8 Å². The zero-order chi connectivity index (χ0) is 18.5. The van der Waals surface area contributed by atoms with E-state index in [0.29, 0.717) is 29.4 Å². The number of thioether (sulfide) groups is 1. The average molecular weight is 372 g/mol. The molecule has 3 rings (SSSR count). The van der Waals surface area contributed by atoms with Gasteiger partial charge in [0, 0.05) is 18.0 Å². The van der Waals surface area contributed by atoms with Gasteiger partial charge in [0.1, 0.15) is 22.7 Å². The first-order valence-electron chi connectivity index (χ1n) is 8.00. The van der Waals surface area contributed by atoms with Crippen LogP contribution >= 0.6 is 11.8 Å². The number of rotatable bonds is 6. The second kappa shape index (κ2) is 8.09. The fourth-order valence-electron chi connectivity index (χ4n) is 2.30. The molecule has 0 saturated carbocycles. The van der Waals surface area contributed by atoms with E-state index in [1.54, 1.807) is 32.2 Å². The van der Waals surface area contributed by atoms with Crippen LogP contribution in [0.15, 0.2) is 47.9 Å². The van der Waals surface area contributed by atoms with E-state index in [4.69, 9.17) is 4.74 Å². The molecule has 26 heavy (non-hydrogen) atoms. The minimum Gasteiger partial charge on any atom is -0.462 e. The summed E-state index contributed by atoms with van der Waals surface area (Å²) in [7, 11) is 0. The zero-order valence-corrected chi connectivity index (χ0v) is 15.2. The molecule has 0 bridgehead atoms. The molecule has 1 aromatic carbocycles. The number of carbonyl (C=O) groups is 1. The molecule has 0 aliphatic carbocycles. The summed E-state index contributed by atoms with van der Waals surface area (Å²) in [5.74, 6) is 0.455. The van der Waals surface area contributed by atoms with E-state index in [2.05, 4.69) is 15.1 Å². The molecule has 0 radical (unpaired) electrons. The fraction of sp³-hybridized carbons (Fsp3) is 0.222. The molecule has 0 unspecified atom stereocenters. The van der Waals surface area contributed by atoms with Crippen molar-refractivity contribution in [3.63, 3.8) is 0 Å². The van der Waals surface area contributed by atoms with Crippen LogP contribution in [0, 0.1) is 12.7 Å². The van der Waals surface area contributed by atoms with Gasteiger partial charge in [-0.3, -0.25) is 0 Å². The van der Waals surface area contributed by atoms with Crippen molar-refractivity contribution >= 4 is 17.7 Å². The molecule has 2 aromatic heterocycles. The van der Waals surface area contributed by atoms with Gasteiger partial charge in [-0.05, 0) is 31.5 Å². The minimum atomic E-state index is -0.411. The first-order valence-corrected chi connectivity index (χ1v) is 8.98. The molecule has 0 saturated heterocycles. The topological polar surface area (TPSA) is 69.9 Å². The van der Waals surface area contributed by atoms with Gasteiger partial charge in [-0.1, -0.05) is 12.1 Å². The minimum absolute atomic E-state index is 0.259. The summed E-state index contributed by atoms with van der Waals surface area (Å²) in [5, 5.41) is 5.05. The molecule has 0 atom stereocenters. The first kappa shape index (κ1) is 18.1. The zero-order valence-electron chi connectivity index (χ0n) is 14.3. The SMILES string of the molecule is CCOC(=O)c1cn(-c2cc(SCc3cccc(F)c3)ncn2)nc1C. The van der Waals surface area contributed by atoms with Crippen LogP contribution < -0.4 is 0 Å². The lowest BCUT2D eigenvalue weighted by molar-refractivity contribution is 0.0525. The van der Waals surface area contributed by atoms with Crippen LogP contribution in [0.5, 0.6) is 0 Å². The first-order chi connectivity index (χ1) is 12.6. The van der Waals surface area contributed by atoms with Crippen molar-refractivity contribution in [2.24, 2.45) is 0 Å². The van der Waals surface area contributed by atoms with E-state index in [9.17, 15) is 9.18 Å². The lowest BCUT2D eigenvalue weighted by Crippen LogP contribution is -2.04. The van der Waals surface area contributed by atoms with Crippen molar-refractivity contribution in [3.05, 3.63) is 65.5 Å². The number of aromatic nitrogens is 4. The number of nitrogens with zero attached hydrogens (tertiary/aromatic N) is 4. The van der Waals surface area contributed by atoms with Gasteiger partial charge in [0.25, 0.3) is 0 Å². The Balaban J connectivity index is 1.77. The Morgan fingerprint density at radius 3 is 2.92 bits per heavy atom. The van der Waals surface area contributed by atoms with Crippen LogP contribution in [-0.2, 0) is 10.5 Å². The number of hydrogen-bond acceptors (Lipinski definition) is 6. The third-order valence-electron chi connectivity index (χ3n) is 3.53. The molecule has 6 nitrogen and oxygen atoms in total. The van der Waals surface area contributed by atoms with Gasteiger partial charge in [-0.2, -0.15) is 5.10 Å². The predicted octanol–water partition coefficient (Wildman–Crippen LogP) is 3.58. The molecule has 0 N–H and O–H groups in total. The van der Waals surface area contributed by atoms with Crippen LogP contribution in [0.25, 0.3) is 5.82 Å². The molecule has 8 heteroatoms. The summed E-state index contributed by atoms with van der Waals surface area (Å²) < 4.78 is 19.8. The number of benzene rings is 1. The summed E-state index contributed by atoms with van der Waals surface area (Å²) in [6, 6.07) is 8.22. The lowest BCUT2D eigenvalue weighted by atomic mass is 10.2. The van der Waals surface area contributed by atoms with Crippen LogP contribution in [0.4, 0.5) is 4.39 Å². The van der Waals surface area contributed by atoms with Crippen LogP contribution in [-0.4, -0.2) is 32.3 Å². The molecule has 0 aliphatic rings. The second-order valence-electron chi connectivity index (χ2n) is 5.43. The van der Waals surface area contributed by atoms with Gasteiger partial charge < -0.3 is 4.74 Å². The van der Waals surface area contributed by atoms with Gasteiger partial charge in [0.05, 0.1) is 12.3 Å². The van der Waals surface area contributed by atoms with E-state index >= 15 is 0 Å². The average Bonchev–Trinajstić information content (AvgIpc) is 3.02. The highest BCUT2D eigenvalue weighted by Crippen LogP contribution is 2.22. The van der Waals surface area contributed by atoms with Crippen molar-refractivity contribution in [2.75, 3.05) is 6.61 Å². The summed E-state index contributed by atoms with van der Waals surface area (Å²) in [5.41, 5.74) is 1.84. The van der Waals surface area contributed by atoms with Gasteiger partial charge in [0.2, 0.25) is 0 Å². The van der Waals surface area contributed by atoms with E-state index in [1.807, 2.05) is 6.07 Å². The highest BCUT2D eigenvalue weighted by Gasteiger charge is 2.15. The van der Waals surface area contributed by atoms with E-state index in [0.717, 1.165) is 10.6 Å². The standard InChI is InChI=1S/C18H17FN4O2S/c1-3-25-18(24)15-9-23(22-12(15)2)16-8-17(21-11-20-16)26-10-13-5-4-6-14(19)7-13/h4-9,11H,3,10H2,1-2H3. The molecule has 134 valence electrons. The van der Waals surface area contributed by atoms with Crippen LogP contribution in [0.2, 0.25) is 0 Å². The van der Waals surface area contributed by atoms with E-state index in [1.165, 1.54) is 34.9 Å². The molecular weight excluding hydrogens is 355 g/mol. The third kappa shape index (κ3) is 4.26. The highest BCUT2D eigenvalue weighted by atomic mass is 32.2. The van der Waals surface area contributed by atoms with Gasteiger partial charge >= 0.3 is 5.97 Å². The number of hydrogen-bond donors (Lipinski definition) is 0. The number of carbonyl (C=O) groups excluding carboxylic acids is 1. The Labute approximate surface area is 154 Å². The quantitative estimate of drug-likeness (QED) is 0.374. The molecule has 3 aromatic rings. The maximum Gasteiger partial charge on any atom is 0.341 e. The Morgan fingerprint density at radius 1 is 1.31 bits per heavy atom. The molecule has 0 fully saturated rings. The summed E-state index contributed by atoms with van der Waals surface area (Å²) in [6.07, 6.45) is 3.03. The van der Waals surface area contributed by atoms with Crippen molar-refractivity contribution in [3.8, 4) is 5.82 Å². The van der Waals surface area contributed by atoms with Gasteiger partial charge in [-0.15, -0.1) is 11.8 Å². The summed E-state index contributed by atoms with van der Waals surface area (Å²) in [6.45, 7) is 3.80. The normalized spacial score (nSPS) is 10.7. The molecule has 0 spiro atoms. The monoisotopic (exact) mass is 372 g/mol. The smallest absolute Gasteiger partial charge is 0.341 e. The Bertz CT molecular complexity index is 929. The Kier molecular flexibility index (Phi) is 5.62. The van der Waals surface area contributed by atoms with Gasteiger partial charge in [0.15, 0.2) is 5.82 Å². The lowest BCUT2D eigenvalue weighted by Gasteiger charge is -2.04. The summed E-state index contributed by atoms with van der Waals surface area (Å²) in [4.78, 5) is 20.3. The molecular formula is C18H17FN4O2S. The van der Waals surface area contributed by atoms with Crippen LogP contribution in [0.1, 0.15) is 28.5 Å². The maximum atomic E-state index is 13.3. The Morgan fingerprint density at radius 2 is 2.15 bits per heavy atom. The number of ether oxygens (including phenoxy) is 1. The molecule has 0 aliphatic heterocycles. The van der Waals surface area contributed by atoms with Crippen molar-refractivity contribution in [2.45, 2.75) is 24.6 Å².